The highest BCUT2D eigenvalue weighted by Crippen LogP contribution is 2.33. The molecule has 1 aliphatic rings. The number of hydrogen-bond acceptors (Lipinski definition) is 1. The lowest BCUT2D eigenvalue weighted by Gasteiger charge is -2.25. The Bertz CT molecular complexity index is 770. The largest absolute Gasteiger partial charge is 0.357 e. The summed E-state index contributed by atoms with van der Waals surface area (Å²) >= 11 is 0. The van der Waals surface area contributed by atoms with Crippen molar-refractivity contribution in [2.45, 2.75) is 19.4 Å². The molecular formula is C18H18N2. The van der Waals surface area contributed by atoms with Crippen LogP contribution in [0.3, 0.4) is 0 Å². The number of aromatic amines is 1. The summed E-state index contributed by atoms with van der Waals surface area (Å²) in [5, 5.41) is 5.03. The summed E-state index contributed by atoms with van der Waals surface area (Å²) in [5.41, 5.74) is 6.72. The molecule has 0 bridgehead atoms. The van der Waals surface area contributed by atoms with E-state index in [9.17, 15) is 0 Å². The van der Waals surface area contributed by atoms with Crippen molar-refractivity contribution in [2.75, 3.05) is 6.54 Å². The Morgan fingerprint density at radius 3 is 2.85 bits per heavy atom. The van der Waals surface area contributed by atoms with Crippen LogP contribution >= 0.6 is 0 Å². The van der Waals surface area contributed by atoms with E-state index >= 15 is 0 Å². The lowest BCUT2D eigenvalue weighted by molar-refractivity contribution is 0.560. The normalized spacial score (nSPS) is 18.1. The van der Waals surface area contributed by atoms with E-state index in [4.69, 9.17) is 0 Å². The summed E-state index contributed by atoms with van der Waals surface area (Å²) in [7, 11) is 0. The van der Waals surface area contributed by atoms with Gasteiger partial charge in [0.15, 0.2) is 0 Å². The first kappa shape index (κ1) is 11.7. The molecule has 0 saturated heterocycles. The second-order valence-electron chi connectivity index (χ2n) is 5.61. The van der Waals surface area contributed by atoms with Crippen LogP contribution in [0.5, 0.6) is 0 Å². The lowest BCUT2D eigenvalue weighted by Crippen LogP contribution is -2.30. The van der Waals surface area contributed by atoms with Gasteiger partial charge in [-0.3, -0.25) is 0 Å². The van der Waals surface area contributed by atoms with Gasteiger partial charge in [0.2, 0.25) is 0 Å². The van der Waals surface area contributed by atoms with E-state index in [0.29, 0.717) is 0 Å². The van der Waals surface area contributed by atoms with Crippen molar-refractivity contribution < 1.29 is 0 Å². The Hall–Kier alpha value is -2.06. The van der Waals surface area contributed by atoms with E-state index in [2.05, 4.69) is 65.8 Å². The van der Waals surface area contributed by atoms with Gasteiger partial charge in [-0.15, -0.1) is 0 Å². The average molecular weight is 262 g/mol. The fraction of sp³-hybridized carbons (Fsp3) is 0.222. The number of aryl methyl sites for hydroxylation is 1. The smallest absolute Gasteiger partial charge is 0.0732 e. The lowest BCUT2D eigenvalue weighted by atomic mass is 9.94. The first-order valence-corrected chi connectivity index (χ1v) is 7.22. The van der Waals surface area contributed by atoms with Crippen molar-refractivity contribution in [1.29, 1.82) is 0 Å². The van der Waals surface area contributed by atoms with Crippen LogP contribution in [0, 0.1) is 6.92 Å². The number of hydrogen-bond donors (Lipinski definition) is 2. The van der Waals surface area contributed by atoms with Crippen LogP contribution in [0.25, 0.3) is 10.9 Å². The average Bonchev–Trinajstić information content (AvgIpc) is 2.86. The molecule has 1 aliphatic heterocycles. The highest BCUT2D eigenvalue weighted by Gasteiger charge is 2.24. The third-order valence-electron chi connectivity index (χ3n) is 4.23. The van der Waals surface area contributed by atoms with Gasteiger partial charge >= 0.3 is 0 Å². The van der Waals surface area contributed by atoms with E-state index in [1.807, 2.05) is 0 Å². The summed E-state index contributed by atoms with van der Waals surface area (Å²) in [6, 6.07) is 17.7. The third kappa shape index (κ3) is 1.76. The summed E-state index contributed by atoms with van der Waals surface area (Å²) in [5.74, 6) is 0. The maximum Gasteiger partial charge on any atom is 0.0732 e. The monoisotopic (exact) mass is 262 g/mol. The van der Waals surface area contributed by atoms with E-state index in [0.717, 1.165) is 13.0 Å². The Labute approximate surface area is 118 Å². The highest BCUT2D eigenvalue weighted by atomic mass is 15.0. The Morgan fingerprint density at radius 2 is 1.95 bits per heavy atom. The molecule has 2 aromatic carbocycles. The maximum absolute atomic E-state index is 3.65. The topological polar surface area (TPSA) is 27.8 Å². The molecule has 0 spiro atoms. The molecule has 100 valence electrons. The fourth-order valence-corrected chi connectivity index (χ4v) is 3.31. The van der Waals surface area contributed by atoms with Crippen molar-refractivity contribution in [3.8, 4) is 0 Å². The molecule has 1 aromatic heterocycles. The fourth-order valence-electron chi connectivity index (χ4n) is 3.31. The summed E-state index contributed by atoms with van der Waals surface area (Å²) in [6.07, 6.45) is 1.10. The van der Waals surface area contributed by atoms with Gasteiger partial charge in [0.1, 0.15) is 0 Å². The number of fused-ring (bicyclic) bond motifs is 3. The molecule has 0 amide bonds. The molecule has 0 unspecified atom stereocenters. The molecule has 2 nitrogen and oxygen atoms in total. The van der Waals surface area contributed by atoms with Gasteiger partial charge in [0, 0.05) is 23.1 Å². The van der Waals surface area contributed by atoms with Crippen molar-refractivity contribution in [3.63, 3.8) is 0 Å². The molecule has 1 atom stereocenters. The van der Waals surface area contributed by atoms with E-state index < -0.39 is 0 Å². The minimum absolute atomic E-state index is 0.283. The number of rotatable bonds is 1. The zero-order chi connectivity index (χ0) is 13.5. The molecule has 2 heteroatoms. The maximum atomic E-state index is 3.65. The van der Waals surface area contributed by atoms with Gasteiger partial charge in [-0.2, -0.15) is 0 Å². The van der Waals surface area contributed by atoms with Crippen LogP contribution in [0.4, 0.5) is 0 Å². The van der Waals surface area contributed by atoms with Crippen molar-refractivity contribution in [2.24, 2.45) is 0 Å². The van der Waals surface area contributed by atoms with Gasteiger partial charge in [-0.1, -0.05) is 48.0 Å². The van der Waals surface area contributed by atoms with Crippen molar-refractivity contribution >= 4 is 10.9 Å². The van der Waals surface area contributed by atoms with E-state index in [1.54, 1.807) is 0 Å². The molecule has 20 heavy (non-hydrogen) atoms. The molecule has 4 rings (SSSR count). The predicted molar refractivity (Wildman–Crippen MR) is 83.0 cm³/mol. The van der Waals surface area contributed by atoms with Crippen LogP contribution in [0.2, 0.25) is 0 Å². The summed E-state index contributed by atoms with van der Waals surface area (Å²) in [6.45, 7) is 3.19. The zero-order valence-corrected chi connectivity index (χ0v) is 11.6. The number of aromatic nitrogens is 1. The van der Waals surface area contributed by atoms with Gasteiger partial charge < -0.3 is 10.3 Å². The quantitative estimate of drug-likeness (QED) is 0.687. The van der Waals surface area contributed by atoms with Gasteiger partial charge in [-0.05, 0) is 30.5 Å². The molecule has 0 fully saturated rings. The Balaban J connectivity index is 1.90. The molecule has 0 radical (unpaired) electrons. The summed E-state index contributed by atoms with van der Waals surface area (Å²) in [4.78, 5) is 3.62. The van der Waals surface area contributed by atoms with Crippen LogP contribution < -0.4 is 5.32 Å². The first-order chi connectivity index (χ1) is 9.83. The Morgan fingerprint density at radius 1 is 1.05 bits per heavy atom. The number of para-hydroxylation sites is 1. The zero-order valence-electron chi connectivity index (χ0n) is 11.6. The first-order valence-electron chi connectivity index (χ1n) is 7.22. The van der Waals surface area contributed by atoms with Crippen molar-refractivity contribution in [3.05, 3.63) is 70.9 Å². The minimum atomic E-state index is 0.283. The molecule has 2 heterocycles. The van der Waals surface area contributed by atoms with Crippen LogP contribution in [-0.2, 0) is 6.42 Å². The summed E-state index contributed by atoms with van der Waals surface area (Å²) < 4.78 is 0. The van der Waals surface area contributed by atoms with Gasteiger partial charge in [0.05, 0.1) is 6.04 Å². The molecule has 2 N–H and O–H groups in total. The van der Waals surface area contributed by atoms with Crippen LogP contribution in [0.15, 0.2) is 48.5 Å². The van der Waals surface area contributed by atoms with Gasteiger partial charge in [0.25, 0.3) is 0 Å². The second-order valence-corrected chi connectivity index (χ2v) is 5.61. The molecule has 0 aliphatic carbocycles. The molecule has 3 aromatic rings. The van der Waals surface area contributed by atoms with Crippen LogP contribution in [-0.4, -0.2) is 11.5 Å². The van der Waals surface area contributed by atoms with Gasteiger partial charge in [-0.25, -0.2) is 0 Å². The highest BCUT2D eigenvalue weighted by molar-refractivity contribution is 5.85. The minimum Gasteiger partial charge on any atom is -0.357 e. The predicted octanol–water partition coefficient (Wildman–Crippen LogP) is 3.71. The second kappa shape index (κ2) is 4.50. The molecular weight excluding hydrogens is 244 g/mol. The van der Waals surface area contributed by atoms with E-state index in [1.165, 1.54) is 33.3 Å². The number of H-pyrrole nitrogens is 1. The van der Waals surface area contributed by atoms with Crippen molar-refractivity contribution in [1.82, 2.24) is 10.3 Å². The van der Waals surface area contributed by atoms with Crippen LogP contribution in [0.1, 0.15) is 28.4 Å². The standard InChI is InChI=1S/C18H18N2/c1-12-5-4-6-13(11-12)17-18-15(9-10-19-17)14-7-2-3-8-16(14)20-18/h2-8,11,17,19-20H,9-10H2,1H3/t17-/m1/s1. The number of nitrogens with one attached hydrogen (secondary N) is 2. The Kier molecular flexibility index (Phi) is 2.64. The SMILES string of the molecule is Cc1cccc([C@H]2NCCc3c2[nH]c2ccccc32)c1. The third-order valence-corrected chi connectivity index (χ3v) is 4.23. The number of benzene rings is 2. The van der Waals surface area contributed by atoms with E-state index in [-0.39, 0.29) is 6.04 Å². The molecule has 0 saturated carbocycles.